The van der Waals surface area contributed by atoms with E-state index < -0.39 is 23.8 Å². The average Bonchev–Trinajstić information content (AvgIpc) is 2.99. The zero-order chi connectivity index (χ0) is 21.2. The summed E-state index contributed by atoms with van der Waals surface area (Å²) in [6.45, 7) is 0. The molecule has 0 saturated carbocycles. The van der Waals surface area contributed by atoms with Gasteiger partial charge < -0.3 is 15.2 Å². The molecule has 0 unspecified atom stereocenters. The van der Waals surface area contributed by atoms with Crippen LogP contribution in [0.1, 0.15) is 5.56 Å². The fraction of sp³-hybridized carbons (Fsp3) is 0.105. The highest BCUT2D eigenvalue weighted by molar-refractivity contribution is 6.34. The van der Waals surface area contributed by atoms with Crippen molar-refractivity contribution >= 4 is 29.4 Å². The Hall–Kier alpha value is -3.82. The second-order valence-electron chi connectivity index (χ2n) is 5.84. The number of carbonyl (C=O) groups excluding carboxylic acids is 2. The maximum Gasteiger partial charge on any atom is 0.471 e. The number of aromatic hydroxyl groups is 1. The minimum Gasteiger partial charge on any atom is -0.504 e. The summed E-state index contributed by atoms with van der Waals surface area (Å²) in [5.74, 6) is -3.60. The Morgan fingerprint density at radius 2 is 1.90 bits per heavy atom. The number of nitrogens with one attached hydrogen (secondary N) is 1. The standard InChI is InChI=1S/C19H14F3N3O4/c1-29-15-10-11(7-8-14(15)26)9-13-16(23-18(28)19(20,21)22)24-25(17(13)27)12-5-3-2-4-6-12/h2-10,26H,1H3,(H,23,24,28)/b13-9-. The van der Waals surface area contributed by atoms with E-state index in [9.17, 15) is 27.9 Å². The van der Waals surface area contributed by atoms with Crippen molar-refractivity contribution in [2.24, 2.45) is 5.10 Å². The number of alkyl halides is 3. The summed E-state index contributed by atoms with van der Waals surface area (Å²) in [6, 6.07) is 12.1. The number of anilines is 1. The molecule has 2 amide bonds. The monoisotopic (exact) mass is 405 g/mol. The third-order valence-corrected chi connectivity index (χ3v) is 3.88. The van der Waals surface area contributed by atoms with Crippen LogP contribution in [-0.4, -0.2) is 36.0 Å². The predicted octanol–water partition coefficient (Wildman–Crippen LogP) is 2.82. The van der Waals surface area contributed by atoms with Crippen LogP contribution in [0.25, 0.3) is 6.08 Å². The number of methoxy groups -OCH3 is 1. The van der Waals surface area contributed by atoms with Crippen molar-refractivity contribution in [3.63, 3.8) is 0 Å². The van der Waals surface area contributed by atoms with Crippen LogP contribution < -0.4 is 15.1 Å². The van der Waals surface area contributed by atoms with E-state index in [0.717, 1.165) is 5.01 Å². The molecule has 0 spiro atoms. The highest BCUT2D eigenvalue weighted by Gasteiger charge is 2.42. The molecule has 150 valence electrons. The van der Waals surface area contributed by atoms with E-state index in [0.29, 0.717) is 11.3 Å². The van der Waals surface area contributed by atoms with Gasteiger partial charge in [-0.1, -0.05) is 24.3 Å². The van der Waals surface area contributed by atoms with Crippen molar-refractivity contribution in [1.82, 2.24) is 5.32 Å². The van der Waals surface area contributed by atoms with Crippen LogP contribution in [0.5, 0.6) is 11.5 Å². The van der Waals surface area contributed by atoms with Gasteiger partial charge in [0, 0.05) is 0 Å². The van der Waals surface area contributed by atoms with Crippen molar-refractivity contribution in [2.75, 3.05) is 12.1 Å². The Labute approximate surface area is 162 Å². The normalized spacial score (nSPS) is 15.4. The molecule has 1 aliphatic heterocycles. The minimum absolute atomic E-state index is 0.0996. The van der Waals surface area contributed by atoms with E-state index in [1.54, 1.807) is 23.5 Å². The predicted molar refractivity (Wildman–Crippen MR) is 98.2 cm³/mol. The third-order valence-electron chi connectivity index (χ3n) is 3.88. The molecule has 0 aromatic heterocycles. The van der Waals surface area contributed by atoms with Gasteiger partial charge in [-0.3, -0.25) is 9.59 Å². The maximum absolute atomic E-state index is 12.8. The number of rotatable bonds is 3. The van der Waals surface area contributed by atoms with E-state index >= 15 is 0 Å². The maximum atomic E-state index is 12.8. The van der Waals surface area contributed by atoms with Gasteiger partial charge in [0.1, 0.15) is 0 Å². The number of ether oxygens (including phenoxy) is 1. The molecular formula is C19H14F3N3O4. The van der Waals surface area contributed by atoms with Gasteiger partial charge in [0.05, 0.1) is 18.4 Å². The molecule has 2 N–H and O–H groups in total. The molecule has 0 aliphatic carbocycles. The first-order valence-electron chi connectivity index (χ1n) is 8.16. The summed E-state index contributed by atoms with van der Waals surface area (Å²) in [4.78, 5) is 24.2. The molecule has 3 rings (SSSR count). The molecule has 0 atom stereocenters. The van der Waals surface area contributed by atoms with E-state index in [2.05, 4.69) is 5.10 Å². The Kier molecular flexibility index (Phi) is 5.26. The first kappa shape index (κ1) is 19.9. The lowest BCUT2D eigenvalue weighted by Crippen LogP contribution is -2.41. The number of benzene rings is 2. The summed E-state index contributed by atoms with van der Waals surface area (Å²) in [6.07, 6.45) is -3.92. The number of phenolic OH excluding ortho intramolecular Hbond substituents is 1. The molecule has 0 saturated heterocycles. The quantitative estimate of drug-likeness (QED) is 0.769. The van der Waals surface area contributed by atoms with Gasteiger partial charge in [-0.15, -0.1) is 5.10 Å². The van der Waals surface area contributed by atoms with Gasteiger partial charge in [0.2, 0.25) is 0 Å². The van der Waals surface area contributed by atoms with E-state index in [1.165, 1.54) is 43.5 Å². The Bertz CT molecular complexity index is 1020. The number of amides is 2. The Morgan fingerprint density at radius 1 is 1.21 bits per heavy atom. The summed E-state index contributed by atoms with van der Waals surface area (Å²) < 4.78 is 43.0. The van der Waals surface area contributed by atoms with Gasteiger partial charge in [0.25, 0.3) is 5.91 Å². The Morgan fingerprint density at radius 3 is 2.52 bits per heavy atom. The fourth-order valence-corrected chi connectivity index (χ4v) is 2.51. The van der Waals surface area contributed by atoms with Gasteiger partial charge in [-0.05, 0) is 35.9 Å². The van der Waals surface area contributed by atoms with Gasteiger partial charge in [-0.2, -0.15) is 18.2 Å². The van der Waals surface area contributed by atoms with Crippen LogP contribution in [-0.2, 0) is 9.59 Å². The second-order valence-corrected chi connectivity index (χ2v) is 5.84. The molecule has 29 heavy (non-hydrogen) atoms. The van der Waals surface area contributed by atoms with Crippen LogP contribution in [0.2, 0.25) is 0 Å². The lowest BCUT2D eigenvalue weighted by molar-refractivity contribution is -0.171. The number of phenols is 1. The van der Waals surface area contributed by atoms with Crippen molar-refractivity contribution in [3.8, 4) is 11.5 Å². The van der Waals surface area contributed by atoms with Crippen molar-refractivity contribution in [1.29, 1.82) is 0 Å². The first-order chi connectivity index (χ1) is 13.7. The van der Waals surface area contributed by atoms with Crippen LogP contribution in [0.15, 0.2) is 59.2 Å². The molecule has 10 heteroatoms. The van der Waals surface area contributed by atoms with E-state index in [-0.39, 0.29) is 17.1 Å². The average molecular weight is 405 g/mol. The molecular weight excluding hydrogens is 391 g/mol. The molecule has 0 fully saturated rings. The zero-order valence-corrected chi connectivity index (χ0v) is 14.9. The lowest BCUT2D eigenvalue weighted by Gasteiger charge is -2.10. The van der Waals surface area contributed by atoms with Crippen molar-refractivity contribution in [3.05, 3.63) is 59.7 Å². The van der Waals surface area contributed by atoms with Gasteiger partial charge in [-0.25, -0.2) is 0 Å². The number of para-hydroxylation sites is 1. The Balaban J connectivity index is 2.04. The number of hydrogen-bond donors (Lipinski definition) is 2. The number of hydrazone groups is 1. The highest BCUT2D eigenvalue weighted by atomic mass is 19.4. The van der Waals surface area contributed by atoms with Crippen molar-refractivity contribution < 1.29 is 32.6 Å². The number of carbonyl (C=O) groups is 2. The number of hydrogen-bond acceptors (Lipinski definition) is 5. The highest BCUT2D eigenvalue weighted by Crippen LogP contribution is 2.29. The lowest BCUT2D eigenvalue weighted by atomic mass is 10.1. The molecule has 1 heterocycles. The SMILES string of the molecule is COc1cc(/C=C2\C(=O)N(c3ccccc3)N=C2NC(=O)C(F)(F)F)ccc1O. The van der Waals surface area contributed by atoms with Gasteiger partial charge in [0.15, 0.2) is 17.3 Å². The minimum atomic E-state index is -5.15. The summed E-state index contributed by atoms with van der Waals surface area (Å²) in [5.41, 5.74) is 0.383. The van der Waals surface area contributed by atoms with E-state index in [1.807, 2.05) is 0 Å². The van der Waals surface area contributed by atoms with Crippen LogP contribution >= 0.6 is 0 Å². The smallest absolute Gasteiger partial charge is 0.471 e. The molecule has 1 aliphatic rings. The van der Waals surface area contributed by atoms with E-state index in [4.69, 9.17) is 4.74 Å². The van der Waals surface area contributed by atoms with Gasteiger partial charge >= 0.3 is 12.1 Å². The molecule has 2 aromatic rings. The topological polar surface area (TPSA) is 91.2 Å². The largest absolute Gasteiger partial charge is 0.504 e. The summed E-state index contributed by atoms with van der Waals surface area (Å²) >= 11 is 0. The molecule has 0 radical (unpaired) electrons. The van der Waals surface area contributed by atoms with Crippen LogP contribution in [0.3, 0.4) is 0 Å². The van der Waals surface area contributed by atoms with Crippen LogP contribution in [0.4, 0.5) is 18.9 Å². The molecule has 2 aromatic carbocycles. The summed E-state index contributed by atoms with van der Waals surface area (Å²) in [7, 11) is 1.32. The zero-order valence-electron chi connectivity index (χ0n) is 14.9. The number of halogens is 3. The summed E-state index contributed by atoms with van der Waals surface area (Å²) in [5, 5.41) is 16.0. The number of amidine groups is 1. The fourth-order valence-electron chi connectivity index (χ4n) is 2.51. The van der Waals surface area contributed by atoms with Crippen molar-refractivity contribution in [2.45, 2.75) is 6.18 Å². The first-order valence-corrected chi connectivity index (χ1v) is 8.16. The number of nitrogens with zero attached hydrogens (tertiary/aromatic N) is 2. The molecule has 7 nitrogen and oxygen atoms in total. The third kappa shape index (κ3) is 4.21. The second kappa shape index (κ2) is 7.66. The molecule has 0 bridgehead atoms. The van der Waals surface area contributed by atoms with Crippen LogP contribution in [0, 0.1) is 0 Å².